The Labute approximate surface area is 190 Å². The minimum absolute atomic E-state index is 0.244. The average molecular weight is 452 g/mol. The topological polar surface area (TPSA) is 87.2 Å². The van der Waals surface area contributed by atoms with Crippen LogP contribution in [0.5, 0.6) is 0 Å². The zero-order valence-electron chi connectivity index (χ0n) is 18.5. The second-order valence-corrected chi connectivity index (χ2v) is 10.2. The molecule has 2 N–H and O–H groups in total. The Morgan fingerprint density at radius 3 is 2.53 bits per heavy atom. The molecule has 2 heterocycles. The summed E-state index contributed by atoms with van der Waals surface area (Å²) in [6.07, 6.45) is 3.53. The third kappa shape index (κ3) is 5.44. The molecule has 0 spiro atoms. The van der Waals surface area contributed by atoms with Crippen molar-refractivity contribution < 1.29 is 8.42 Å². The Bertz CT molecular complexity index is 1160. The van der Waals surface area contributed by atoms with Crippen molar-refractivity contribution in [2.75, 3.05) is 23.3 Å². The van der Waals surface area contributed by atoms with E-state index in [2.05, 4.69) is 63.0 Å². The minimum atomic E-state index is -3.51. The maximum atomic E-state index is 12.4. The zero-order chi connectivity index (χ0) is 22.6. The van der Waals surface area contributed by atoms with E-state index in [1.807, 2.05) is 6.07 Å². The van der Waals surface area contributed by atoms with Crippen LogP contribution in [0.15, 0.2) is 65.7 Å². The van der Waals surface area contributed by atoms with Gasteiger partial charge in [-0.05, 0) is 60.2 Å². The van der Waals surface area contributed by atoms with Gasteiger partial charge < -0.3 is 10.2 Å². The van der Waals surface area contributed by atoms with Crippen molar-refractivity contribution in [2.45, 2.75) is 38.1 Å². The summed E-state index contributed by atoms with van der Waals surface area (Å²) in [4.78, 5) is 11.5. The largest absolute Gasteiger partial charge is 0.352 e. The first-order valence-corrected chi connectivity index (χ1v) is 12.4. The van der Waals surface area contributed by atoms with Crippen LogP contribution in [0.1, 0.15) is 31.4 Å². The second-order valence-electron chi connectivity index (χ2n) is 8.41. The number of rotatable bonds is 8. The van der Waals surface area contributed by atoms with Gasteiger partial charge >= 0.3 is 0 Å². The lowest BCUT2D eigenvalue weighted by Gasteiger charge is -2.29. The van der Waals surface area contributed by atoms with Crippen molar-refractivity contribution in [1.29, 1.82) is 0 Å². The molecular formula is C24H29N5O2S. The van der Waals surface area contributed by atoms with Crippen molar-refractivity contribution in [3.63, 3.8) is 0 Å². The van der Waals surface area contributed by atoms with Gasteiger partial charge in [-0.1, -0.05) is 38.1 Å². The number of sulfonamides is 1. The highest BCUT2D eigenvalue weighted by molar-refractivity contribution is 7.89. The SMILES string of the molecule is CC(C)CCNS(=O)(=O)c1ccc(Nc2nccc(N3CCc4ccccc4C3)n2)cc1. The molecule has 1 aliphatic heterocycles. The highest BCUT2D eigenvalue weighted by Gasteiger charge is 2.18. The molecule has 0 amide bonds. The summed E-state index contributed by atoms with van der Waals surface area (Å²) in [7, 11) is -3.51. The van der Waals surface area contributed by atoms with E-state index in [0.29, 0.717) is 18.4 Å². The maximum Gasteiger partial charge on any atom is 0.240 e. The Balaban J connectivity index is 1.42. The first-order valence-electron chi connectivity index (χ1n) is 10.9. The van der Waals surface area contributed by atoms with Gasteiger partial charge in [0, 0.05) is 31.5 Å². The number of benzene rings is 2. The third-order valence-corrected chi connectivity index (χ3v) is 7.01. The summed E-state index contributed by atoms with van der Waals surface area (Å²) in [5, 5.41) is 3.18. The number of aromatic nitrogens is 2. The molecular weight excluding hydrogens is 422 g/mol. The minimum Gasteiger partial charge on any atom is -0.352 e. The van der Waals surface area contributed by atoms with Crippen LogP contribution in [0, 0.1) is 5.92 Å². The molecule has 2 aromatic carbocycles. The fraction of sp³-hybridized carbons (Fsp3) is 0.333. The molecule has 0 bridgehead atoms. The Morgan fingerprint density at radius 2 is 1.78 bits per heavy atom. The number of fused-ring (bicyclic) bond motifs is 1. The molecule has 0 radical (unpaired) electrons. The Morgan fingerprint density at radius 1 is 1.03 bits per heavy atom. The fourth-order valence-electron chi connectivity index (χ4n) is 3.69. The average Bonchev–Trinajstić information content (AvgIpc) is 2.79. The Kier molecular flexibility index (Phi) is 6.72. The smallest absolute Gasteiger partial charge is 0.240 e. The first kappa shape index (κ1) is 22.2. The normalized spacial score (nSPS) is 13.8. The molecule has 1 aromatic heterocycles. The quantitative estimate of drug-likeness (QED) is 0.536. The molecule has 0 atom stereocenters. The van der Waals surface area contributed by atoms with Gasteiger partial charge in [0.15, 0.2) is 0 Å². The molecule has 3 aromatic rings. The van der Waals surface area contributed by atoms with E-state index < -0.39 is 10.0 Å². The molecule has 0 saturated heterocycles. The van der Waals surface area contributed by atoms with Gasteiger partial charge in [-0.2, -0.15) is 4.98 Å². The molecule has 168 valence electrons. The summed E-state index contributed by atoms with van der Waals surface area (Å²) < 4.78 is 27.5. The van der Waals surface area contributed by atoms with E-state index in [0.717, 1.165) is 37.4 Å². The molecule has 0 saturated carbocycles. The molecule has 4 rings (SSSR count). The zero-order valence-corrected chi connectivity index (χ0v) is 19.3. The Hall–Kier alpha value is -2.97. The van der Waals surface area contributed by atoms with Crippen molar-refractivity contribution in [2.24, 2.45) is 5.92 Å². The molecule has 8 heteroatoms. The van der Waals surface area contributed by atoms with Gasteiger partial charge in [0.1, 0.15) is 5.82 Å². The molecule has 0 unspecified atom stereocenters. The summed E-state index contributed by atoms with van der Waals surface area (Å²) >= 11 is 0. The van der Waals surface area contributed by atoms with Gasteiger partial charge in [-0.15, -0.1) is 0 Å². The van der Waals surface area contributed by atoms with E-state index in [1.54, 1.807) is 30.5 Å². The molecule has 7 nitrogen and oxygen atoms in total. The lowest BCUT2D eigenvalue weighted by Crippen LogP contribution is -2.31. The second kappa shape index (κ2) is 9.67. The summed E-state index contributed by atoms with van der Waals surface area (Å²) in [6.45, 7) is 6.29. The number of hydrogen-bond donors (Lipinski definition) is 2. The van der Waals surface area contributed by atoms with Crippen LogP contribution < -0.4 is 14.9 Å². The maximum absolute atomic E-state index is 12.4. The van der Waals surface area contributed by atoms with Gasteiger partial charge in [0.25, 0.3) is 0 Å². The highest BCUT2D eigenvalue weighted by atomic mass is 32.2. The molecule has 1 aliphatic rings. The van der Waals surface area contributed by atoms with Crippen molar-refractivity contribution >= 4 is 27.5 Å². The van der Waals surface area contributed by atoms with Crippen LogP contribution in [0.3, 0.4) is 0 Å². The molecule has 0 aliphatic carbocycles. The van der Waals surface area contributed by atoms with Gasteiger partial charge in [-0.3, -0.25) is 0 Å². The summed E-state index contributed by atoms with van der Waals surface area (Å²) in [5.74, 6) is 1.79. The van der Waals surface area contributed by atoms with Crippen LogP contribution in [-0.2, 0) is 23.0 Å². The van der Waals surface area contributed by atoms with Crippen LogP contribution in [0.25, 0.3) is 0 Å². The van der Waals surface area contributed by atoms with Crippen molar-refractivity contribution in [1.82, 2.24) is 14.7 Å². The first-order chi connectivity index (χ1) is 15.4. The number of nitrogens with zero attached hydrogens (tertiary/aromatic N) is 3. The van der Waals surface area contributed by atoms with E-state index in [-0.39, 0.29) is 4.90 Å². The van der Waals surface area contributed by atoms with Crippen LogP contribution in [-0.4, -0.2) is 31.5 Å². The fourth-order valence-corrected chi connectivity index (χ4v) is 4.74. The van der Waals surface area contributed by atoms with E-state index in [4.69, 9.17) is 0 Å². The van der Waals surface area contributed by atoms with E-state index >= 15 is 0 Å². The van der Waals surface area contributed by atoms with Crippen LogP contribution in [0.4, 0.5) is 17.5 Å². The van der Waals surface area contributed by atoms with Gasteiger partial charge in [0.2, 0.25) is 16.0 Å². The number of hydrogen-bond acceptors (Lipinski definition) is 6. The number of nitrogens with one attached hydrogen (secondary N) is 2. The molecule has 32 heavy (non-hydrogen) atoms. The van der Waals surface area contributed by atoms with E-state index in [9.17, 15) is 8.42 Å². The predicted molar refractivity (Wildman–Crippen MR) is 128 cm³/mol. The van der Waals surface area contributed by atoms with Crippen LogP contribution in [0.2, 0.25) is 0 Å². The number of anilines is 3. The summed E-state index contributed by atoms with van der Waals surface area (Å²) in [6, 6.07) is 17.0. The van der Waals surface area contributed by atoms with Gasteiger partial charge in [0.05, 0.1) is 4.90 Å². The van der Waals surface area contributed by atoms with Crippen molar-refractivity contribution in [3.8, 4) is 0 Å². The highest BCUT2D eigenvalue weighted by Crippen LogP contribution is 2.24. The predicted octanol–water partition coefficient (Wildman–Crippen LogP) is 4.11. The van der Waals surface area contributed by atoms with E-state index in [1.165, 1.54) is 11.1 Å². The standard InChI is InChI=1S/C24H29N5O2S/c1-18(2)11-15-26-32(30,31)22-9-7-21(8-10-22)27-24-25-14-12-23(28-24)29-16-13-19-5-3-4-6-20(19)17-29/h3-10,12,14,18,26H,11,13,15-17H2,1-2H3,(H,25,27,28). The lowest BCUT2D eigenvalue weighted by molar-refractivity contribution is 0.551. The lowest BCUT2D eigenvalue weighted by atomic mass is 10.00. The summed E-state index contributed by atoms with van der Waals surface area (Å²) in [5.41, 5.74) is 3.45. The third-order valence-electron chi connectivity index (χ3n) is 5.53. The molecule has 0 fully saturated rings. The van der Waals surface area contributed by atoms with Crippen LogP contribution >= 0.6 is 0 Å². The van der Waals surface area contributed by atoms with Gasteiger partial charge in [-0.25, -0.2) is 18.1 Å². The monoisotopic (exact) mass is 451 g/mol. The van der Waals surface area contributed by atoms with Crippen molar-refractivity contribution in [3.05, 3.63) is 71.9 Å².